The molecular weight excluding hydrogens is 212 g/mol. The van der Waals surface area contributed by atoms with E-state index in [1.165, 1.54) is 0 Å². The average Bonchev–Trinajstić information content (AvgIpc) is 2.29. The van der Waals surface area contributed by atoms with Crippen LogP contribution in [0.1, 0.15) is 19.2 Å². The van der Waals surface area contributed by atoms with E-state index in [0.717, 1.165) is 5.39 Å². The van der Waals surface area contributed by atoms with E-state index >= 15 is 0 Å². The van der Waals surface area contributed by atoms with Gasteiger partial charge in [-0.3, -0.25) is 0 Å². The lowest BCUT2D eigenvalue weighted by molar-refractivity contribution is 0.141. The maximum atomic E-state index is 12.6. The van der Waals surface area contributed by atoms with E-state index in [9.17, 15) is 8.78 Å². The molecule has 0 bridgehead atoms. The molecule has 0 radical (unpaired) electrons. The number of aromatic nitrogens is 2. The third-order valence-electron chi connectivity index (χ3n) is 2.16. The number of hydrogen-bond acceptors (Lipinski definition) is 3. The lowest BCUT2D eigenvalue weighted by Gasteiger charge is -2.08. The lowest BCUT2D eigenvalue weighted by Crippen LogP contribution is -2.05. The highest BCUT2D eigenvalue weighted by atomic mass is 19.3. The van der Waals surface area contributed by atoms with Crippen LogP contribution in [0.15, 0.2) is 24.3 Å². The molecule has 16 heavy (non-hydrogen) atoms. The van der Waals surface area contributed by atoms with Crippen LogP contribution in [-0.2, 0) is 0 Å². The fourth-order valence-electron chi connectivity index (χ4n) is 1.49. The first-order chi connectivity index (χ1) is 7.72. The average molecular weight is 223 g/mol. The number of hydrogen-bond donors (Lipinski definition) is 1. The van der Waals surface area contributed by atoms with Crippen molar-refractivity contribution in [1.82, 2.24) is 9.97 Å². The van der Waals surface area contributed by atoms with E-state index in [1.807, 2.05) is 19.1 Å². The van der Waals surface area contributed by atoms with Crippen molar-refractivity contribution in [2.24, 2.45) is 0 Å². The van der Waals surface area contributed by atoms with Crippen LogP contribution >= 0.6 is 0 Å². The molecule has 0 unspecified atom stereocenters. The lowest BCUT2D eigenvalue weighted by atomic mass is 10.2. The molecule has 1 N–H and O–H groups in total. The summed E-state index contributed by atoms with van der Waals surface area (Å²) >= 11 is 0. The highest BCUT2D eigenvalue weighted by Crippen LogP contribution is 2.23. The summed E-state index contributed by atoms with van der Waals surface area (Å²) < 4.78 is 25.1. The largest absolute Gasteiger partial charge is 0.370 e. The predicted octanol–water partition coefficient (Wildman–Crippen LogP) is 3.00. The van der Waals surface area contributed by atoms with Gasteiger partial charge in [0.1, 0.15) is 5.82 Å². The van der Waals surface area contributed by atoms with Crippen LogP contribution in [0.2, 0.25) is 0 Å². The molecule has 0 amide bonds. The minimum atomic E-state index is -2.65. The number of alkyl halides is 2. The van der Waals surface area contributed by atoms with Crippen molar-refractivity contribution in [3.63, 3.8) is 0 Å². The van der Waals surface area contributed by atoms with Gasteiger partial charge in [-0.15, -0.1) is 0 Å². The maximum absolute atomic E-state index is 12.6. The Kier molecular flexibility index (Phi) is 2.94. The number of nitrogens with zero attached hydrogens (tertiary/aromatic N) is 2. The molecule has 0 aliphatic carbocycles. The van der Waals surface area contributed by atoms with Gasteiger partial charge in [0, 0.05) is 11.9 Å². The number of fused-ring (bicyclic) bond motifs is 1. The Balaban J connectivity index is 2.63. The van der Waals surface area contributed by atoms with Gasteiger partial charge in [0.25, 0.3) is 6.43 Å². The van der Waals surface area contributed by atoms with Gasteiger partial charge in [-0.2, -0.15) is 0 Å². The number of halogens is 2. The first-order valence-electron chi connectivity index (χ1n) is 5.01. The molecule has 3 nitrogen and oxygen atoms in total. The van der Waals surface area contributed by atoms with Gasteiger partial charge in [0.05, 0.1) is 5.52 Å². The van der Waals surface area contributed by atoms with Gasteiger partial charge in [0.15, 0.2) is 5.82 Å². The van der Waals surface area contributed by atoms with Crippen LogP contribution in [-0.4, -0.2) is 16.5 Å². The molecule has 84 valence electrons. The summed E-state index contributed by atoms with van der Waals surface area (Å²) in [6.07, 6.45) is -2.65. The van der Waals surface area contributed by atoms with Gasteiger partial charge in [-0.05, 0) is 19.1 Å². The minimum absolute atomic E-state index is 0.436. The monoisotopic (exact) mass is 223 g/mol. The molecule has 1 aromatic heterocycles. The van der Waals surface area contributed by atoms with Gasteiger partial charge < -0.3 is 5.32 Å². The van der Waals surface area contributed by atoms with Crippen LogP contribution in [0.5, 0.6) is 0 Å². The summed E-state index contributed by atoms with van der Waals surface area (Å²) in [5.74, 6) is 0.0260. The fraction of sp³-hybridized carbons (Fsp3) is 0.273. The van der Waals surface area contributed by atoms with Crippen LogP contribution in [0.25, 0.3) is 10.9 Å². The highest BCUT2D eigenvalue weighted by Gasteiger charge is 2.14. The van der Waals surface area contributed by atoms with Gasteiger partial charge >= 0.3 is 0 Å². The van der Waals surface area contributed by atoms with Gasteiger partial charge in [-0.25, -0.2) is 18.7 Å². The van der Waals surface area contributed by atoms with Crippen LogP contribution in [0.4, 0.5) is 14.6 Å². The Morgan fingerprint density at radius 3 is 2.69 bits per heavy atom. The molecule has 2 rings (SSSR count). The summed E-state index contributed by atoms with van der Waals surface area (Å²) in [6, 6.07) is 7.10. The zero-order valence-electron chi connectivity index (χ0n) is 8.74. The number of rotatable bonds is 3. The van der Waals surface area contributed by atoms with E-state index < -0.39 is 12.2 Å². The van der Waals surface area contributed by atoms with Crippen molar-refractivity contribution in [3.8, 4) is 0 Å². The van der Waals surface area contributed by atoms with Crippen molar-refractivity contribution in [2.45, 2.75) is 13.3 Å². The Bertz CT molecular complexity index is 500. The van der Waals surface area contributed by atoms with Crippen molar-refractivity contribution in [3.05, 3.63) is 30.1 Å². The van der Waals surface area contributed by atoms with Crippen LogP contribution < -0.4 is 5.32 Å². The highest BCUT2D eigenvalue weighted by molar-refractivity contribution is 5.88. The van der Waals surface area contributed by atoms with E-state index in [4.69, 9.17) is 0 Å². The van der Waals surface area contributed by atoms with E-state index in [-0.39, 0.29) is 0 Å². The number of nitrogens with one attached hydrogen (secondary N) is 1. The number of para-hydroxylation sites is 1. The normalized spacial score (nSPS) is 11.0. The molecule has 1 heterocycles. The molecule has 5 heteroatoms. The standard InChI is InChI=1S/C11H11F2N3/c1-2-14-10-7-5-3-4-6-8(7)15-11(16-10)9(12)13/h3-6,9H,2H2,1H3,(H,14,15,16). The van der Waals surface area contributed by atoms with Crippen LogP contribution in [0.3, 0.4) is 0 Å². The van der Waals surface area contributed by atoms with E-state index in [2.05, 4.69) is 15.3 Å². The molecule has 0 atom stereocenters. The second-order valence-electron chi connectivity index (χ2n) is 3.28. The zero-order chi connectivity index (χ0) is 11.5. The smallest absolute Gasteiger partial charge is 0.297 e. The predicted molar refractivity (Wildman–Crippen MR) is 58.7 cm³/mol. The Morgan fingerprint density at radius 1 is 1.25 bits per heavy atom. The van der Waals surface area contributed by atoms with E-state index in [1.54, 1.807) is 12.1 Å². The number of benzene rings is 1. The Labute approximate surface area is 91.5 Å². The zero-order valence-corrected chi connectivity index (χ0v) is 8.74. The molecule has 0 saturated heterocycles. The van der Waals surface area contributed by atoms with Gasteiger partial charge in [-0.1, -0.05) is 12.1 Å². The SMILES string of the molecule is CCNc1nc(C(F)F)nc2ccccc12. The first-order valence-corrected chi connectivity index (χ1v) is 5.01. The van der Waals surface area contributed by atoms with Crippen LogP contribution in [0, 0.1) is 0 Å². The second kappa shape index (κ2) is 4.38. The molecular formula is C11H11F2N3. The Hall–Kier alpha value is -1.78. The molecule has 0 aliphatic heterocycles. The van der Waals surface area contributed by atoms with Crippen molar-refractivity contribution < 1.29 is 8.78 Å². The number of anilines is 1. The molecule has 0 aliphatic rings. The topological polar surface area (TPSA) is 37.8 Å². The quantitative estimate of drug-likeness (QED) is 0.869. The molecule has 1 aromatic carbocycles. The van der Waals surface area contributed by atoms with Crippen molar-refractivity contribution in [1.29, 1.82) is 0 Å². The fourth-order valence-corrected chi connectivity index (χ4v) is 1.49. The maximum Gasteiger partial charge on any atom is 0.297 e. The summed E-state index contributed by atoms with van der Waals surface area (Å²) in [6.45, 7) is 2.52. The summed E-state index contributed by atoms with van der Waals surface area (Å²) in [4.78, 5) is 7.63. The third-order valence-corrected chi connectivity index (χ3v) is 2.16. The summed E-state index contributed by atoms with van der Waals surface area (Å²) in [5.41, 5.74) is 0.531. The van der Waals surface area contributed by atoms with E-state index in [0.29, 0.717) is 17.9 Å². The van der Waals surface area contributed by atoms with Crippen molar-refractivity contribution >= 4 is 16.7 Å². The Morgan fingerprint density at radius 2 is 2.00 bits per heavy atom. The molecule has 0 saturated carbocycles. The summed E-state index contributed by atoms with van der Waals surface area (Å²) in [7, 11) is 0. The molecule has 2 aromatic rings. The molecule has 0 fully saturated rings. The summed E-state index contributed by atoms with van der Waals surface area (Å²) in [5, 5.41) is 3.72. The minimum Gasteiger partial charge on any atom is -0.370 e. The first kappa shape index (κ1) is 10.7. The second-order valence-corrected chi connectivity index (χ2v) is 3.28. The third kappa shape index (κ3) is 1.93. The van der Waals surface area contributed by atoms with Gasteiger partial charge in [0.2, 0.25) is 0 Å². The van der Waals surface area contributed by atoms with Crippen molar-refractivity contribution in [2.75, 3.05) is 11.9 Å². The molecule has 0 spiro atoms.